The van der Waals surface area contributed by atoms with Crippen molar-refractivity contribution < 1.29 is 4.79 Å². The minimum absolute atomic E-state index is 0.167. The molecule has 0 bridgehead atoms. The zero-order valence-corrected chi connectivity index (χ0v) is 31.4. The first kappa shape index (κ1) is 46.2. The maximum Gasteiger partial charge on any atom is 0.126 e. The van der Waals surface area contributed by atoms with E-state index in [-0.39, 0.29) is 5.78 Å². The van der Waals surface area contributed by atoms with Crippen LogP contribution in [0.1, 0.15) is 133 Å². The molecule has 0 saturated heterocycles. The first-order valence-corrected chi connectivity index (χ1v) is 16.9. The van der Waals surface area contributed by atoms with Crippen molar-refractivity contribution in [3.8, 4) is 12.3 Å². The molecule has 1 aromatic rings. The summed E-state index contributed by atoms with van der Waals surface area (Å²) in [6.45, 7) is 26.9. The molecule has 1 fully saturated rings. The molecule has 1 saturated carbocycles. The van der Waals surface area contributed by atoms with Gasteiger partial charge in [0.15, 0.2) is 0 Å². The number of nitrogens with zero attached hydrogens (tertiary/aromatic N) is 2. The van der Waals surface area contributed by atoms with E-state index < -0.39 is 0 Å². The quantitative estimate of drug-likeness (QED) is 0.161. The van der Waals surface area contributed by atoms with Crippen LogP contribution in [-0.4, -0.2) is 30.8 Å². The smallest absolute Gasteiger partial charge is 0.126 e. The Bertz CT molecular complexity index is 1030. The highest BCUT2D eigenvalue weighted by Crippen LogP contribution is 2.24. The van der Waals surface area contributed by atoms with E-state index in [4.69, 9.17) is 6.42 Å². The number of carbonyl (C=O) groups is 1. The molecule has 1 aliphatic rings. The van der Waals surface area contributed by atoms with Gasteiger partial charge in [-0.05, 0) is 92.7 Å². The SMILES string of the molecule is C#CC(=NC)C1CCCCC1.C/C=C(/C)CC=C(C)C.C=CN=C(C)CCNc1ccc(C)cc1.CC(C)=O.CCC(C)CC. The molecule has 2 rings (SSSR count). The molecule has 1 N–H and O–H groups in total. The second-order valence-electron chi connectivity index (χ2n) is 12.1. The summed E-state index contributed by atoms with van der Waals surface area (Å²) in [4.78, 5) is 17.7. The van der Waals surface area contributed by atoms with Crippen LogP contribution in [0.2, 0.25) is 0 Å². The zero-order chi connectivity index (χ0) is 35.0. The summed E-state index contributed by atoms with van der Waals surface area (Å²) in [6.07, 6.45) is 22.5. The Labute approximate surface area is 280 Å². The minimum Gasteiger partial charge on any atom is -0.385 e. The van der Waals surface area contributed by atoms with Gasteiger partial charge < -0.3 is 10.1 Å². The summed E-state index contributed by atoms with van der Waals surface area (Å²) in [5.74, 6) is 4.37. The van der Waals surface area contributed by atoms with E-state index in [1.165, 1.54) is 75.5 Å². The number of hydrogen-bond acceptors (Lipinski definition) is 4. The van der Waals surface area contributed by atoms with E-state index in [0.717, 1.165) is 42.4 Å². The van der Waals surface area contributed by atoms with Crippen molar-refractivity contribution in [2.24, 2.45) is 21.8 Å². The van der Waals surface area contributed by atoms with Crippen LogP contribution in [0.25, 0.3) is 0 Å². The minimum atomic E-state index is 0.167. The fourth-order valence-corrected chi connectivity index (χ4v) is 3.79. The van der Waals surface area contributed by atoms with Crippen molar-refractivity contribution in [3.63, 3.8) is 0 Å². The van der Waals surface area contributed by atoms with Gasteiger partial charge in [0, 0.05) is 43.5 Å². The highest BCUT2D eigenvalue weighted by molar-refractivity contribution is 6.01. The molecule has 0 heterocycles. The number of hydrogen-bond donors (Lipinski definition) is 1. The van der Waals surface area contributed by atoms with E-state index in [1.807, 2.05) is 6.92 Å². The molecule has 0 aliphatic heterocycles. The van der Waals surface area contributed by atoms with Crippen molar-refractivity contribution >= 4 is 22.9 Å². The molecule has 0 amide bonds. The van der Waals surface area contributed by atoms with Crippen LogP contribution in [-0.2, 0) is 4.79 Å². The van der Waals surface area contributed by atoms with E-state index in [2.05, 4.69) is 120 Å². The molecule has 45 heavy (non-hydrogen) atoms. The van der Waals surface area contributed by atoms with Crippen molar-refractivity contribution in [1.29, 1.82) is 0 Å². The fraction of sp³-hybridized carbons (Fsp3) is 0.585. The van der Waals surface area contributed by atoms with Gasteiger partial charge in [0.25, 0.3) is 0 Å². The Morgan fingerprint density at radius 1 is 1.04 bits per heavy atom. The van der Waals surface area contributed by atoms with E-state index in [9.17, 15) is 4.79 Å². The lowest BCUT2D eigenvalue weighted by Gasteiger charge is -2.19. The molecular formula is C41H69N3O. The normalized spacial score (nSPS) is 13.1. The number of allylic oxidation sites excluding steroid dienone is 4. The number of ketones is 1. The van der Waals surface area contributed by atoms with Crippen molar-refractivity contribution in [3.05, 3.63) is 65.9 Å². The predicted molar refractivity (Wildman–Crippen MR) is 206 cm³/mol. The summed E-state index contributed by atoms with van der Waals surface area (Å²) >= 11 is 0. The molecular weight excluding hydrogens is 550 g/mol. The highest BCUT2D eigenvalue weighted by atomic mass is 16.1. The third kappa shape index (κ3) is 33.5. The van der Waals surface area contributed by atoms with Gasteiger partial charge in [-0.1, -0.05) is 106 Å². The summed E-state index contributed by atoms with van der Waals surface area (Å²) in [5, 5.41) is 3.35. The van der Waals surface area contributed by atoms with Gasteiger partial charge >= 0.3 is 0 Å². The van der Waals surface area contributed by atoms with E-state index in [1.54, 1.807) is 13.2 Å². The van der Waals surface area contributed by atoms with Gasteiger partial charge in [-0.2, -0.15) is 0 Å². The van der Waals surface area contributed by atoms with Crippen LogP contribution in [0.3, 0.4) is 0 Å². The van der Waals surface area contributed by atoms with Gasteiger partial charge in [-0.3, -0.25) is 9.98 Å². The number of aryl methyl sites for hydroxylation is 1. The Balaban J connectivity index is -0.000000524. The van der Waals surface area contributed by atoms with Gasteiger partial charge in [-0.25, -0.2) is 0 Å². The van der Waals surface area contributed by atoms with E-state index in [0.29, 0.717) is 5.92 Å². The number of Topliss-reactive ketones (excluding diaryl/α,β-unsaturated/α-hetero) is 1. The molecule has 0 spiro atoms. The van der Waals surface area contributed by atoms with Crippen LogP contribution in [0.5, 0.6) is 0 Å². The molecule has 4 heteroatoms. The highest BCUT2D eigenvalue weighted by Gasteiger charge is 2.16. The monoisotopic (exact) mass is 620 g/mol. The molecule has 254 valence electrons. The number of nitrogens with one attached hydrogen (secondary N) is 1. The first-order valence-electron chi connectivity index (χ1n) is 16.9. The summed E-state index contributed by atoms with van der Waals surface area (Å²) in [7, 11) is 1.80. The number of terminal acetylenes is 1. The molecule has 0 aromatic heterocycles. The third-order valence-electron chi connectivity index (χ3n) is 7.28. The second kappa shape index (κ2) is 32.2. The summed E-state index contributed by atoms with van der Waals surface area (Å²) in [6, 6.07) is 8.39. The molecule has 0 radical (unpaired) electrons. The lowest BCUT2D eigenvalue weighted by Crippen LogP contribution is -2.15. The Morgan fingerprint density at radius 3 is 1.96 bits per heavy atom. The van der Waals surface area contributed by atoms with Gasteiger partial charge in [-0.15, -0.1) is 6.42 Å². The Kier molecular flexibility index (Phi) is 33.1. The zero-order valence-electron chi connectivity index (χ0n) is 31.4. The number of benzene rings is 1. The molecule has 1 aromatic carbocycles. The van der Waals surface area contributed by atoms with Crippen LogP contribution < -0.4 is 5.32 Å². The average molecular weight is 620 g/mol. The van der Waals surface area contributed by atoms with Crippen LogP contribution in [0.4, 0.5) is 5.69 Å². The van der Waals surface area contributed by atoms with Crippen molar-refractivity contribution in [2.75, 3.05) is 18.9 Å². The molecule has 4 nitrogen and oxygen atoms in total. The van der Waals surface area contributed by atoms with Gasteiger partial charge in [0.1, 0.15) is 5.78 Å². The second-order valence-corrected chi connectivity index (χ2v) is 12.1. The first-order chi connectivity index (χ1) is 21.3. The maximum absolute atomic E-state index is 9.44. The number of rotatable bonds is 10. The Morgan fingerprint density at radius 2 is 1.58 bits per heavy atom. The van der Waals surface area contributed by atoms with Crippen molar-refractivity contribution in [1.82, 2.24) is 0 Å². The van der Waals surface area contributed by atoms with Crippen LogP contribution in [0, 0.1) is 31.1 Å². The topological polar surface area (TPSA) is 53.8 Å². The largest absolute Gasteiger partial charge is 0.385 e. The lowest BCUT2D eigenvalue weighted by molar-refractivity contribution is -0.115. The van der Waals surface area contributed by atoms with Crippen LogP contribution in [0.15, 0.2) is 70.3 Å². The van der Waals surface area contributed by atoms with Gasteiger partial charge in [0.2, 0.25) is 0 Å². The molecule has 0 unspecified atom stereocenters. The van der Waals surface area contributed by atoms with Crippen LogP contribution >= 0.6 is 0 Å². The lowest BCUT2D eigenvalue weighted by atomic mass is 9.86. The number of anilines is 1. The summed E-state index contributed by atoms with van der Waals surface area (Å²) < 4.78 is 0. The maximum atomic E-state index is 9.44. The number of carbonyl (C=O) groups excluding carboxylic acids is 1. The molecule has 1 aliphatic carbocycles. The molecule has 0 atom stereocenters. The average Bonchev–Trinajstić information content (AvgIpc) is 3.02. The van der Waals surface area contributed by atoms with Gasteiger partial charge in [0.05, 0.1) is 5.71 Å². The third-order valence-corrected chi connectivity index (χ3v) is 7.28. The predicted octanol–water partition coefficient (Wildman–Crippen LogP) is 12.0. The summed E-state index contributed by atoms with van der Waals surface area (Å²) in [5.41, 5.74) is 7.36. The van der Waals surface area contributed by atoms with E-state index >= 15 is 0 Å². The standard InChI is InChI=1S/C13H18N2.C10H15N.C9H16.C6H14.C3H6O/c1-4-14-12(3)9-10-15-13-7-5-11(2)6-8-13;1-3-10(11-2)9-7-5-4-6-8-9;1-5-9(4)7-6-8(2)3;1-4-6(3)5-2;1-3(2)4/h4-8,15H,1,9-10H2,2-3H3;1,9H,4-8H2,2H3;5-6H,7H2,1-4H3;6H,4-5H2,1-3H3;1-2H3/b;;9-5-;;. The Hall–Kier alpha value is -3.19. The number of aliphatic imine (C=N–C) groups is 2. The fourth-order valence-electron chi connectivity index (χ4n) is 3.79. The van der Waals surface area contributed by atoms with Crippen molar-refractivity contribution in [2.45, 2.75) is 134 Å².